The van der Waals surface area contributed by atoms with Gasteiger partial charge < -0.3 is 9.47 Å². The van der Waals surface area contributed by atoms with Crippen LogP contribution < -0.4 is 4.90 Å². The molecule has 0 unspecified atom stereocenters. The zero-order chi connectivity index (χ0) is 39.7. The van der Waals surface area contributed by atoms with E-state index in [1.54, 1.807) is 0 Å². The van der Waals surface area contributed by atoms with Crippen molar-refractivity contribution in [1.82, 2.24) is 14.1 Å². The Morgan fingerprint density at radius 1 is 0.603 bits per heavy atom. The molecular formula is C53H47BrN4. The maximum atomic E-state index is 5.57. The SMILES string of the molecule is Cc1cccc(C)c1-c1nc2c3c(ccc2n1-c1cccc(N(c2ccc(C(C)(C)C)cc2)c2cccc(-n4c5ccccc5c5ccccc54)c2)c1Br)CCCC3. The van der Waals surface area contributed by atoms with E-state index in [9.17, 15) is 0 Å². The molecule has 0 saturated heterocycles. The number of hydrogen-bond donors (Lipinski definition) is 0. The lowest BCUT2D eigenvalue weighted by Crippen LogP contribution is -2.14. The Morgan fingerprint density at radius 2 is 1.26 bits per heavy atom. The van der Waals surface area contributed by atoms with Gasteiger partial charge in [-0.2, -0.15) is 0 Å². The average Bonchev–Trinajstić information content (AvgIpc) is 3.78. The number of imidazole rings is 1. The van der Waals surface area contributed by atoms with E-state index in [1.807, 2.05) is 0 Å². The van der Waals surface area contributed by atoms with Crippen LogP contribution >= 0.6 is 15.9 Å². The molecule has 4 nitrogen and oxygen atoms in total. The van der Waals surface area contributed by atoms with Gasteiger partial charge in [0.1, 0.15) is 5.82 Å². The molecule has 0 amide bonds. The van der Waals surface area contributed by atoms with Crippen LogP contribution in [0.4, 0.5) is 17.1 Å². The minimum atomic E-state index is 0.0338. The summed E-state index contributed by atoms with van der Waals surface area (Å²) in [6.45, 7) is 11.2. The third-order valence-corrected chi connectivity index (χ3v) is 13.0. The summed E-state index contributed by atoms with van der Waals surface area (Å²) in [5.74, 6) is 0.983. The van der Waals surface area contributed by atoms with Crippen molar-refractivity contribution in [2.24, 2.45) is 0 Å². The highest BCUT2D eigenvalue weighted by atomic mass is 79.9. The highest BCUT2D eigenvalue weighted by Crippen LogP contribution is 2.45. The first-order chi connectivity index (χ1) is 28.2. The highest BCUT2D eigenvalue weighted by molar-refractivity contribution is 9.10. The molecule has 0 bridgehead atoms. The molecule has 0 saturated carbocycles. The van der Waals surface area contributed by atoms with Crippen molar-refractivity contribution >= 4 is 65.8 Å². The predicted molar refractivity (Wildman–Crippen MR) is 248 cm³/mol. The first-order valence-electron chi connectivity index (χ1n) is 20.6. The van der Waals surface area contributed by atoms with Crippen molar-refractivity contribution in [2.45, 2.75) is 65.7 Å². The molecule has 0 N–H and O–H groups in total. The lowest BCUT2D eigenvalue weighted by molar-refractivity contribution is 0.590. The molecule has 0 radical (unpaired) electrons. The summed E-state index contributed by atoms with van der Waals surface area (Å²) in [6, 6.07) is 53.4. The second kappa shape index (κ2) is 14.2. The van der Waals surface area contributed by atoms with Crippen LogP contribution in [-0.2, 0) is 18.3 Å². The number of halogens is 1. The minimum Gasteiger partial charge on any atom is -0.309 e. The first kappa shape index (κ1) is 36.4. The van der Waals surface area contributed by atoms with Gasteiger partial charge in [0.25, 0.3) is 0 Å². The highest BCUT2D eigenvalue weighted by Gasteiger charge is 2.26. The monoisotopic (exact) mass is 818 g/mol. The van der Waals surface area contributed by atoms with E-state index in [2.05, 4.69) is 210 Å². The lowest BCUT2D eigenvalue weighted by Gasteiger charge is -2.29. The Morgan fingerprint density at radius 3 is 1.97 bits per heavy atom. The van der Waals surface area contributed by atoms with Gasteiger partial charge in [-0.1, -0.05) is 106 Å². The number of aryl methyl sites for hydroxylation is 4. The number of para-hydroxylation sites is 2. The maximum Gasteiger partial charge on any atom is 0.146 e. The van der Waals surface area contributed by atoms with Gasteiger partial charge in [0.05, 0.1) is 37.9 Å². The second-order valence-electron chi connectivity index (χ2n) is 16.9. The average molecular weight is 820 g/mol. The molecule has 0 atom stereocenters. The van der Waals surface area contributed by atoms with E-state index in [-0.39, 0.29) is 5.41 Å². The number of aromatic nitrogens is 3. The Bertz CT molecular complexity index is 2960. The van der Waals surface area contributed by atoms with Gasteiger partial charge in [-0.15, -0.1) is 0 Å². The second-order valence-corrected chi connectivity index (χ2v) is 17.7. The molecule has 0 aliphatic heterocycles. The number of anilines is 3. The minimum absolute atomic E-state index is 0.0338. The van der Waals surface area contributed by atoms with E-state index in [0.29, 0.717) is 0 Å². The standard InChI is InChI=1S/C53H47BrN4/c1-34-15-12-16-35(2)49(34)52-55-51-41-20-7-6-17-36(41)27-32-48(51)58(52)47-26-14-25-46(50(47)54)56(38-30-28-37(29-31-38)53(3,4)5)39-18-13-19-40(33-39)57-44-23-10-8-21-42(44)43-22-9-11-24-45(43)57/h8-16,18-19,21-33H,6-7,17,20H2,1-5H3. The molecule has 1 aliphatic carbocycles. The first-order valence-corrected chi connectivity index (χ1v) is 21.3. The van der Waals surface area contributed by atoms with Gasteiger partial charge in [-0.25, -0.2) is 4.98 Å². The predicted octanol–water partition coefficient (Wildman–Crippen LogP) is 14.8. The van der Waals surface area contributed by atoms with E-state index in [1.165, 1.54) is 68.0 Å². The van der Waals surface area contributed by atoms with Gasteiger partial charge in [0, 0.05) is 33.4 Å². The fraction of sp³-hybridized carbons (Fsp3) is 0.189. The maximum absolute atomic E-state index is 5.57. The molecule has 0 spiro atoms. The molecule has 7 aromatic carbocycles. The number of rotatable bonds is 6. The van der Waals surface area contributed by atoms with E-state index in [4.69, 9.17) is 4.98 Å². The van der Waals surface area contributed by atoms with Gasteiger partial charge >= 0.3 is 0 Å². The van der Waals surface area contributed by atoms with Crippen molar-refractivity contribution in [3.8, 4) is 22.8 Å². The largest absolute Gasteiger partial charge is 0.309 e. The molecule has 2 aromatic heterocycles. The van der Waals surface area contributed by atoms with Crippen LogP contribution in [0.25, 0.3) is 55.6 Å². The number of nitrogens with zero attached hydrogens (tertiary/aromatic N) is 4. The molecule has 10 rings (SSSR count). The van der Waals surface area contributed by atoms with Gasteiger partial charge in [0.2, 0.25) is 0 Å². The molecule has 0 fully saturated rings. The zero-order valence-electron chi connectivity index (χ0n) is 33.9. The Kier molecular flexibility index (Phi) is 8.90. The fourth-order valence-electron chi connectivity index (χ4n) is 9.31. The Hall–Kier alpha value is -5.91. The molecule has 58 heavy (non-hydrogen) atoms. The van der Waals surface area contributed by atoms with Gasteiger partial charge in [-0.05, 0) is 149 Å². The van der Waals surface area contributed by atoms with Crippen LogP contribution in [-0.4, -0.2) is 14.1 Å². The third kappa shape index (κ3) is 5.98. The summed E-state index contributed by atoms with van der Waals surface area (Å²) >= 11 is 4.28. The van der Waals surface area contributed by atoms with Crippen LogP contribution in [0.2, 0.25) is 0 Å². The van der Waals surface area contributed by atoms with Crippen LogP contribution in [0, 0.1) is 13.8 Å². The fourth-order valence-corrected chi connectivity index (χ4v) is 9.93. The molecule has 5 heteroatoms. The van der Waals surface area contributed by atoms with Crippen LogP contribution in [0.1, 0.15) is 61.4 Å². The summed E-state index contributed by atoms with van der Waals surface area (Å²) in [4.78, 5) is 7.97. The lowest BCUT2D eigenvalue weighted by atomic mass is 9.87. The zero-order valence-corrected chi connectivity index (χ0v) is 35.4. The van der Waals surface area contributed by atoms with Crippen molar-refractivity contribution in [1.29, 1.82) is 0 Å². The van der Waals surface area contributed by atoms with Gasteiger partial charge in [0.15, 0.2) is 0 Å². The van der Waals surface area contributed by atoms with Crippen LogP contribution in [0.15, 0.2) is 150 Å². The Labute approximate surface area is 349 Å². The molecule has 9 aromatic rings. The summed E-state index contributed by atoms with van der Waals surface area (Å²) in [5, 5.41) is 2.50. The molecule has 1 aliphatic rings. The quantitative estimate of drug-likeness (QED) is 0.167. The van der Waals surface area contributed by atoms with Gasteiger partial charge in [-0.3, -0.25) is 4.57 Å². The van der Waals surface area contributed by atoms with Crippen molar-refractivity contribution in [3.05, 3.63) is 178 Å². The number of benzene rings is 7. The Balaban J connectivity index is 1.21. The normalized spacial score (nSPS) is 13.1. The molecular weight excluding hydrogens is 773 g/mol. The van der Waals surface area contributed by atoms with Crippen molar-refractivity contribution in [2.75, 3.05) is 4.90 Å². The van der Waals surface area contributed by atoms with Crippen molar-refractivity contribution < 1.29 is 0 Å². The number of hydrogen-bond acceptors (Lipinski definition) is 2. The summed E-state index contributed by atoms with van der Waals surface area (Å²) in [7, 11) is 0. The molecule has 2 heterocycles. The summed E-state index contributed by atoms with van der Waals surface area (Å²) in [5.41, 5.74) is 17.8. The van der Waals surface area contributed by atoms with E-state index < -0.39 is 0 Å². The summed E-state index contributed by atoms with van der Waals surface area (Å²) < 4.78 is 5.81. The summed E-state index contributed by atoms with van der Waals surface area (Å²) in [6.07, 6.45) is 4.62. The molecule has 286 valence electrons. The third-order valence-electron chi connectivity index (χ3n) is 12.2. The van der Waals surface area contributed by atoms with E-state index in [0.717, 1.165) is 62.6 Å². The van der Waals surface area contributed by atoms with Crippen molar-refractivity contribution in [3.63, 3.8) is 0 Å². The topological polar surface area (TPSA) is 26.0 Å². The van der Waals surface area contributed by atoms with Crippen LogP contribution in [0.3, 0.4) is 0 Å². The smallest absolute Gasteiger partial charge is 0.146 e. The number of fused-ring (bicyclic) bond motifs is 6. The van der Waals surface area contributed by atoms with Crippen LogP contribution in [0.5, 0.6) is 0 Å². The van der Waals surface area contributed by atoms with E-state index >= 15 is 0 Å².